The lowest BCUT2D eigenvalue weighted by Crippen LogP contribution is -2.33. The Morgan fingerprint density at radius 3 is 2.45 bits per heavy atom. The maximum absolute atomic E-state index is 5.22. The number of morpholine rings is 1. The van der Waals surface area contributed by atoms with Gasteiger partial charge in [0.1, 0.15) is 0 Å². The van der Waals surface area contributed by atoms with Crippen molar-refractivity contribution in [2.45, 2.75) is 19.3 Å². The molecule has 2 rings (SSSR count). The van der Waals surface area contributed by atoms with Crippen LogP contribution in [0.1, 0.15) is 19.3 Å². The summed E-state index contributed by atoms with van der Waals surface area (Å²) in [5.41, 5.74) is 1.38. The largest absolute Gasteiger partial charge is 0.378 e. The smallest absolute Gasteiger partial charge is 0.0659 e. The summed E-state index contributed by atoms with van der Waals surface area (Å²) in [6, 6.07) is 0. The van der Waals surface area contributed by atoms with Crippen molar-refractivity contribution in [2.75, 3.05) is 26.3 Å². The number of hydrogen-bond acceptors (Lipinski definition) is 3. The van der Waals surface area contributed by atoms with Gasteiger partial charge in [0.15, 0.2) is 0 Å². The molecule has 1 aliphatic carbocycles. The number of hydrogen-bond donors (Lipinski definition) is 0. The molecule has 1 heterocycles. The van der Waals surface area contributed by atoms with Crippen molar-refractivity contribution < 1.29 is 4.74 Å². The van der Waals surface area contributed by atoms with E-state index in [1.807, 2.05) is 0 Å². The highest BCUT2D eigenvalue weighted by molar-refractivity contribution is 5.88. The molecule has 0 aromatic heterocycles. The van der Waals surface area contributed by atoms with Crippen LogP contribution < -0.4 is 0 Å². The Bertz CT molecular complexity index is 155. The van der Waals surface area contributed by atoms with Crippen molar-refractivity contribution in [3.63, 3.8) is 0 Å². The van der Waals surface area contributed by atoms with Crippen LogP contribution in [0, 0.1) is 0 Å². The van der Waals surface area contributed by atoms with Crippen molar-refractivity contribution in [1.82, 2.24) is 5.01 Å². The molecule has 0 spiro atoms. The molecular weight excluding hydrogens is 140 g/mol. The molecule has 2 aliphatic rings. The first-order valence-corrected chi connectivity index (χ1v) is 4.34. The maximum atomic E-state index is 5.22. The fourth-order valence-electron chi connectivity index (χ4n) is 1.29. The highest BCUT2D eigenvalue weighted by atomic mass is 16.5. The molecule has 2 fully saturated rings. The van der Waals surface area contributed by atoms with E-state index in [0.29, 0.717) is 0 Å². The zero-order valence-corrected chi connectivity index (χ0v) is 6.75. The van der Waals surface area contributed by atoms with Gasteiger partial charge in [0.05, 0.1) is 26.3 Å². The summed E-state index contributed by atoms with van der Waals surface area (Å²) in [5, 5.41) is 6.65. The highest BCUT2D eigenvalue weighted by Gasteiger charge is 2.13. The normalized spacial score (nSPS) is 24.7. The lowest BCUT2D eigenvalue weighted by molar-refractivity contribution is 0.0389. The van der Waals surface area contributed by atoms with Crippen molar-refractivity contribution in [2.24, 2.45) is 5.10 Å². The first-order valence-electron chi connectivity index (χ1n) is 4.34. The second-order valence-corrected chi connectivity index (χ2v) is 3.09. The lowest BCUT2D eigenvalue weighted by Gasteiger charge is -2.27. The molecule has 0 aromatic rings. The molecule has 11 heavy (non-hydrogen) atoms. The molecule has 0 atom stereocenters. The van der Waals surface area contributed by atoms with Gasteiger partial charge in [-0.15, -0.1) is 0 Å². The predicted octanol–water partition coefficient (Wildman–Crippen LogP) is 0.859. The van der Waals surface area contributed by atoms with Gasteiger partial charge < -0.3 is 4.74 Å². The quantitative estimate of drug-likeness (QED) is 0.559. The van der Waals surface area contributed by atoms with Gasteiger partial charge in [-0.3, -0.25) is 5.01 Å². The van der Waals surface area contributed by atoms with Gasteiger partial charge in [-0.2, -0.15) is 5.10 Å². The maximum Gasteiger partial charge on any atom is 0.0659 e. The average Bonchev–Trinajstić information content (AvgIpc) is 1.99. The molecular formula is C8H14N2O. The fourth-order valence-corrected chi connectivity index (χ4v) is 1.29. The van der Waals surface area contributed by atoms with Crippen molar-refractivity contribution in [1.29, 1.82) is 0 Å². The molecule has 1 aliphatic heterocycles. The zero-order valence-electron chi connectivity index (χ0n) is 6.75. The molecule has 3 heteroatoms. The first kappa shape index (κ1) is 7.10. The Kier molecular flexibility index (Phi) is 2.08. The molecule has 1 saturated carbocycles. The van der Waals surface area contributed by atoms with Crippen LogP contribution >= 0.6 is 0 Å². The van der Waals surface area contributed by atoms with Crippen LogP contribution in [0.3, 0.4) is 0 Å². The molecule has 0 unspecified atom stereocenters. The number of hydrazone groups is 1. The summed E-state index contributed by atoms with van der Waals surface area (Å²) in [6.07, 6.45) is 3.78. The molecule has 0 N–H and O–H groups in total. The third-order valence-corrected chi connectivity index (χ3v) is 2.20. The minimum absolute atomic E-state index is 0.844. The zero-order chi connectivity index (χ0) is 7.52. The summed E-state index contributed by atoms with van der Waals surface area (Å²) >= 11 is 0. The van der Waals surface area contributed by atoms with Crippen LogP contribution in [0.5, 0.6) is 0 Å². The SMILES string of the molecule is C1CC(=NN2CCOCC2)C1. The van der Waals surface area contributed by atoms with E-state index in [4.69, 9.17) is 4.74 Å². The molecule has 62 valence electrons. The Labute approximate surface area is 67.0 Å². The predicted molar refractivity (Wildman–Crippen MR) is 43.7 cm³/mol. The van der Waals surface area contributed by atoms with Gasteiger partial charge in [-0.25, -0.2) is 0 Å². The molecule has 0 aromatic carbocycles. The Morgan fingerprint density at radius 2 is 1.91 bits per heavy atom. The van der Waals surface area contributed by atoms with E-state index >= 15 is 0 Å². The van der Waals surface area contributed by atoms with Crippen LogP contribution in [0.4, 0.5) is 0 Å². The second kappa shape index (κ2) is 3.22. The van der Waals surface area contributed by atoms with Gasteiger partial charge >= 0.3 is 0 Å². The summed E-state index contributed by atoms with van der Waals surface area (Å²) in [4.78, 5) is 0. The van der Waals surface area contributed by atoms with E-state index in [-0.39, 0.29) is 0 Å². The second-order valence-electron chi connectivity index (χ2n) is 3.09. The van der Waals surface area contributed by atoms with Gasteiger partial charge in [0.2, 0.25) is 0 Å². The number of nitrogens with zero attached hydrogens (tertiary/aromatic N) is 2. The number of ether oxygens (including phenoxy) is 1. The van der Waals surface area contributed by atoms with Crippen molar-refractivity contribution >= 4 is 5.71 Å². The Hall–Kier alpha value is -0.570. The average molecular weight is 154 g/mol. The van der Waals surface area contributed by atoms with Gasteiger partial charge in [0.25, 0.3) is 0 Å². The molecule has 0 radical (unpaired) electrons. The van der Waals surface area contributed by atoms with E-state index < -0.39 is 0 Å². The van der Waals surface area contributed by atoms with Gasteiger partial charge in [-0.05, 0) is 19.3 Å². The topological polar surface area (TPSA) is 24.8 Å². The third kappa shape index (κ3) is 1.71. The molecule has 3 nitrogen and oxygen atoms in total. The standard InChI is InChI=1S/C8H14N2O/c1-2-8(3-1)9-10-4-6-11-7-5-10/h1-7H2. The highest BCUT2D eigenvalue weighted by Crippen LogP contribution is 2.15. The van der Waals surface area contributed by atoms with Crippen LogP contribution in [0.15, 0.2) is 5.10 Å². The Balaban J connectivity index is 1.83. The minimum Gasteiger partial charge on any atom is -0.378 e. The van der Waals surface area contributed by atoms with Crippen LogP contribution in [-0.4, -0.2) is 37.0 Å². The van der Waals surface area contributed by atoms with E-state index in [9.17, 15) is 0 Å². The summed E-state index contributed by atoms with van der Waals surface area (Å²) in [7, 11) is 0. The van der Waals surface area contributed by atoms with E-state index in [1.54, 1.807) is 0 Å². The molecule has 1 saturated heterocycles. The minimum atomic E-state index is 0.844. The van der Waals surface area contributed by atoms with E-state index in [0.717, 1.165) is 26.3 Å². The number of rotatable bonds is 1. The van der Waals surface area contributed by atoms with Crippen LogP contribution in [0.25, 0.3) is 0 Å². The van der Waals surface area contributed by atoms with Gasteiger partial charge in [0, 0.05) is 5.71 Å². The van der Waals surface area contributed by atoms with Crippen molar-refractivity contribution in [3.8, 4) is 0 Å². The van der Waals surface area contributed by atoms with Gasteiger partial charge in [-0.1, -0.05) is 0 Å². The van der Waals surface area contributed by atoms with E-state index in [2.05, 4.69) is 10.1 Å². The summed E-state index contributed by atoms with van der Waals surface area (Å²) in [5.74, 6) is 0. The molecule has 0 amide bonds. The van der Waals surface area contributed by atoms with Crippen molar-refractivity contribution in [3.05, 3.63) is 0 Å². The molecule has 0 bridgehead atoms. The van der Waals surface area contributed by atoms with Crippen LogP contribution in [-0.2, 0) is 4.74 Å². The monoisotopic (exact) mass is 154 g/mol. The summed E-state index contributed by atoms with van der Waals surface area (Å²) in [6.45, 7) is 3.64. The fraction of sp³-hybridized carbons (Fsp3) is 0.875. The third-order valence-electron chi connectivity index (χ3n) is 2.20. The van der Waals surface area contributed by atoms with Crippen LogP contribution in [0.2, 0.25) is 0 Å². The first-order chi connectivity index (χ1) is 5.45. The Morgan fingerprint density at radius 1 is 1.18 bits per heavy atom. The lowest BCUT2D eigenvalue weighted by atomic mass is 9.98. The summed E-state index contributed by atoms with van der Waals surface area (Å²) < 4.78 is 5.22. The van der Waals surface area contributed by atoms with E-state index in [1.165, 1.54) is 25.0 Å².